The van der Waals surface area contributed by atoms with Crippen molar-refractivity contribution in [2.75, 3.05) is 0 Å². The van der Waals surface area contributed by atoms with E-state index in [1.54, 1.807) is 6.92 Å². The van der Waals surface area contributed by atoms with Crippen LogP contribution in [0.1, 0.15) is 24.4 Å². The Morgan fingerprint density at radius 3 is 2.44 bits per heavy atom. The molecule has 2 nitrogen and oxygen atoms in total. The third-order valence-corrected chi connectivity index (χ3v) is 2.61. The van der Waals surface area contributed by atoms with Gasteiger partial charge in [-0.1, -0.05) is 6.92 Å². The van der Waals surface area contributed by atoms with Gasteiger partial charge in [-0.15, -0.1) is 0 Å². The van der Waals surface area contributed by atoms with Crippen LogP contribution < -0.4 is 6.15 Å². The van der Waals surface area contributed by atoms with E-state index in [4.69, 9.17) is 4.42 Å². The van der Waals surface area contributed by atoms with Gasteiger partial charge >= 0.3 is 0 Å². The lowest BCUT2D eigenvalue weighted by Crippen LogP contribution is -2.04. The van der Waals surface area contributed by atoms with Crippen LogP contribution >= 0.6 is 0 Å². The standard InChI is InChI=1S/C12H10F4O.H3N/c1-2-7-8-5-6(13)3-4-9(8)17-11(7)10(14)12(15)16;/h3-5,10,12H,2H2,1H3;1H3. The van der Waals surface area contributed by atoms with Gasteiger partial charge in [-0.2, -0.15) is 0 Å². The first kappa shape index (κ1) is 14.5. The van der Waals surface area contributed by atoms with E-state index >= 15 is 0 Å². The Bertz CT molecular complexity index is 538. The SMILES string of the molecule is CCc1c(C(F)C(F)F)oc2ccc(F)cc12.N. The maximum Gasteiger partial charge on any atom is 0.276 e. The molecular formula is C12H13F4NO. The highest BCUT2D eigenvalue weighted by atomic mass is 19.3. The molecule has 0 fully saturated rings. The van der Waals surface area contributed by atoms with Gasteiger partial charge in [0.25, 0.3) is 6.43 Å². The van der Waals surface area contributed by atoms with Gasteiger partial charge in [0.2, 0.25) is 6.17 Å². The molecule has 2 rings (SSSR count). The van der Waals surface area contributed by atoms with Gasteiger partial charge in [-0.05, 0) is 24.6 Å². The van der Waals surface area contributed by atoms with E-state index in [1.807, 2.05) is 0 Å². The van der Waals surface area contributed by atoms with Crippen molar-refractivity contribution in [3.8, 4) is 0 Å². The first-order chi connectivity index (χ1) is 8.04. The summed E-state index contributed by atoms with van der Waals surface area (Å²) < 4.78 is 56.0. The Balaban J connectivity index is 0.00000162. The Hall–Kier alpha value is -1.56. The predicted octanol–water partition coefficient (Wildman–Crippen LogP) is 4.57. The molecule has 0 saturated carbocycles. The van der Waals surface area contributed by atoms with Gasteiger partial charge in [0.1, 0.15) is 17.2 Å². The third-order valence-electron chi connectivity index (χ3n) is 2.61. The third kappa shape index (κ3) is 2.33. The maximum atomic E-state index is 13.3. The van der Waals surface area contributed by atoms with Crippen LogP contribution in [0.15, 0.2) is 22.6 Å². The summed E-state index contributed by atoms with van der Waals surface area (Å²) in [5.74, 6) is -0.907. The van der Waals surface area contributed by atoms with Crippen LogP contribution in [0.3, 0.4) is 0 Å². The van der Waals surface area contributed by atoms with E-state index in [1.165, 1.54) is 12.1 Å². The fourth-order valence-corrected chi connectivity index (χ4v) is 1.84. The summed E-state index contributed by atoms with van der Waals surface area (Å²) in [7, 11) is 0. The highest BCUT2D eigenvalue weighted by Crippen LogP contribution is 2.35. The van der Waals surface area contributed by atoms with E-state index in [-0.39, 0.29) is 11.7 Å². The number of halogens is 4. The molecule has 1 aromatic carbocycles. The Morgan fingerprint density at radius 2 is 1.89 bits per heavy atom. The summed E-state index contributed by atoms with van der Waals surface area (Å²) in [6.07, 6.45) is -5.31. The maximum absolute atomic E-state index is 13.3. The number of benzene rings is 1. The molecule has 18 heavy (non-hydrogen) atoms. The number of alkyl halides is 3. The zero-order chi connectivity index (χ0) is 12.6. The molecule has 0 aliphatic carbocycles. The molecule has 2 aromatic rings. The molecule has 1 atom stereocenters. The average Bonchev–Trinajstić information content (AvgIpc) is 2.65. The lowest BCUT2D eigenvalue weighted by molar-refractivity contribution is 0.0379. The summed E-state index contributed by atoms with van der Waals surface area (Å²) in [5.41, 5.74) is 0.522. The fraction of sp³-hybridized carbons (Fsp3) is 0.333. The Morgan fingerprint density at radius 1 is 1.22 bits per heavy atom. The van der Waals surface area contributed by atoms with Gasteiger partial charge in [-0.3, -0.25) is 0 Å². The molecule has 0 saturated heterocycles. The largest absolute Gasteiger partial charge is 0.457 e. The van der Waals surface area contributed by atoms with E-state index < -0.39 is 24.2 Å². The smallest absolute Gasteiger partial charge is 0.276 e. The summed E-state index contributed by atoms with van der Waals surface area (Å²) in [5, 5.41) is 0.353. The molecule has 1 unspecified atom stereocenters. The molecule has 3 N–H and O–H groups in total. The van der Waals surface area contributed by atoms with Crippen LogP contribution in [0.25, 0.3) is 11.0 Å². The van der Waals surface area contributed by atoms with Crippen molar-refractivity contribution in [3.63, 3.8) is 0 Å². The van der Waals surface area contributed by atoms with E-state index in [0.717, 1.165) is 6.07 Å². The number of aryl methyl sites for hydroxylation is 1. The number of hydrogen-bond donors (Lipinski definition) is 1. The fourth-order valence-electron chi connectivity index (χ4n) is 1.84. The zero-order valence-corrected chi connectivity index (χ0v) is 9.72. The van der Waals surface area contributed by atoms with Crippen molar-refractivity contribution < 1.29 is 22.0 Å². The average molecular weight is 263 g/mol. The first-order valence-corrected chi connectivity index (χ1v) is 5.17. The molecule has 0 amide bonds. The molecule has 0 aliphatic rings. The van der Waals surface area contributed by atoms with Crippen LogP contribution in [-0.2, 0) is 6.42 Å². The number of hydrogen-bond acceptors (Lipinski definition) is 2. The molecule has 1 aromatic heterocycles. The summed E-state index contributed by atoms with van der Waals surface area (Å²) in [6, 6.07) is 3.62. The van der Waals surface area contributed by atoms with Gasteiger partial charge in [-0.25, -0.2) is 17.6 Å². The minimum atomic E-state index is -3.15. The van der Waals surface area contributed by atoms with Crippen molar-refractivity contribution in [3.05, 3.63) is 35.3 Å². The molecule has 100 valence electrons. The van der Waals surface area contributed by atoms with E-state index in [0.29, 0.717) is 17.4 Å². The zero-order valence-electron chi connectivity index (χ0n) is 9.72. The lowest BCUT2D eigenvalue weighted by Gasteiger charge is -2.05. The lowest BCUT2D eigenvalue weighted by atomic mass is 10.1. The molecule has 0 radical (unpaired) electrons. The van der Waals surface area contributed by atoms with Crippen LogP contribution in [0, 0.1) is 5.82 Å². The van der Waals surface area contributed by atoms with E-state index in [9.17, 15) is 17.6 Å². The summed E-state index contributed by atoms with van der Waals surface area (Å²) in [4.78, 5) is 0. The molecule has 1 heterocycles. The van der Waals surface area contributed by atoms with Crippen molar-refractivity contribution in [1.29, 1.82) is 0 Å². The molecular weight excluding hydrogens is 250 g/mol. The van der Waals surface area contributed by atoms with Crippen LogP contribution in [0.4, 0.5) is 17.6 Å². The first-order valence-electron chi connectivity index (χ1n) is 5.17. The second kappa shape index (κ2) is 5.39. The highest BCUT2D eigenvalue weighted by molar-refractivity contribution is 5.82. The topological polar surface area (TPSA) is 48.1 Å². The highest BCUT2D eigenvalue weighted by Gasteiger charge is 2.29. The molecule has 6 heteroatoms. The Labute approximate surface area is 101 Å². The molecule has 0 aliphatic heterocycles. The number of furan rings is 1. The molecule has 0 bridgehead atoms. The molecule has 0 spiro atoms. The number of fused-ring (bicyclic) bond motifs is 1. The van der Waals surface area contributed by atoms with Gasteiger partial charge in [0.15, 0.2) is 0 Å². The normalized spacial score (nSPS) is 12.8. The van der Waals surface area contributed by atoms with Crippen molar-refractivity contribution in [2.45, 2.75) is 25.9 Å². The summed E-state index contributed by atoms with van der Waals surface area (Å²) in [6.45, 7) is 1.68. The minimum absolute atomic E-state index is 0. The number of rotatable bonds is 3. The quantitative estimate of drug-likeness (QED) is 0.824. The van der Waals surface area contributed by atoms with E-state index in [2.05, 4.69) is 0 Å². The van der Waals surface area contributed by atoms with Crippen molar-refractivity contribution in [1.82, 2.24) is 6.15 Å². The van der Waals surface area contributed by atoms with Crippen molar-refractivity contribution >= 4 is 11.0 Å². The van der Waals surface area contributed by atoms with Crippen LogP contribution in [0.2, 0.25) is 0 Å². The van der Waals surface area contributed by atoms with Crippen LogP contribution in [-0.4, -0.2) is 6.43 Å². The van der Waals surface area contributed by atoms with Gasteiger partial charge < -0.3 is 10.6 Å². The Kier molecular flexibility index (Phi) is 4.34. The minimum Gasteiger partial charge on any atom is -0.457 e. The van der Waals surface area contributed by atoms with Gasteiger partial charge in [0, 0.05) is 10.9 Å². The second-order valence-corrected chi connectivity index (χ2v) is 3.68. The summed E-state index contributed by atoms with van der Waals surface area (Å²) >= 11 is 0. The predicted molar refractivity (Wildman–Crippen MR) is 60.4 cm³/mol. The van der Waals surface area contributed by atoms with Crippen molar-refractivity contribution in [2.24, 2.45) is 0 Å². The van der Waals surface area contributed by atoms with Crippen LogP contribution in [0.5, 0.6) is 0 Å². The van der Waals surface area contributed by atoms with Gasteiger partial charge in [0.05, 0.1) is 0 Å². The monoisotopic (exact) mass is 263 g/mol. The second-order valence-electron chi connectivity index (χ2n) is 3.68.